The Bertz CT molecular complexity index is 844. The summed E-state index contributed by atoms with van der Waals surface area (Å²) in [5.74, 6) is 1.09. The fourth-order valence-corrected chi connectivity index (χ4v) is 4.09. The molecule has 0 atom stereocenters. The van der Waals surface area contributed by atoms with Crippen molar-refractivity contribution in [2.45, 2.75) is 59.8 Å². The Balaban J connectivity index is 0.000000262. The quantitative estimate of drug-likeness (QED) is 0.397. The minimum absolute atomic E-state index is 0.994. The molecule has 0 spiro atoms. The number of para-hydroxylation sites is 1. The molecule has 1 aliphatic carbocycles. The monoisotopic (exact) mass is 433 g/mol. The van der Waals surface area contributed by atoms with Crippen molar-refractivity contribution in [3.05, 3.63) is 100 Å². The topological polar surface area (TPSA) is 12.0 Å². The second-order valence-corrected chi connectivity index (χ2v) is 9.45. The lowest BCUT2D eigenvalue weighted by molar-refractivity contribution is 0.795. The Morgan fingerprint density at radius 3 is 2.35 bits per heavy atom. The molecule has 1 nitrogen and oxygen atoms in total. The zero-order chi connectivity index (χ0) is 22.3. The number of anilines is 1. The van der Waals surface area contributed by atoms with Gasteiger partial charge >= 0.3 is 0 Å². The highest BCUT2D eigenvalue weighted by Gasteiger charge is 2.02. The molecule has 2 aromatic carbocycles. The van der Waals surface area contributed by atoms with Crippen LogP contribution < -0.4 is 5.32 Å². The van der Waals surface area contributed by atoms with Crippen LogP contribution in [-0.4, -0.2) is 12.3 Å². The van der Waals surface area contributed by atoms with Crippen molar-refractivity contribution < 1.29 is 0 Å². The number of hydrogen-bond acceptors (Lipinski definition) is 2. The second-order valence-electron chi connectivity index (χ2n) is 8.11. The molecule has 1 N–H and O–H groups in total. The highest BCUT2D eigenvalue weighted by atomic mass is 32.2. The third-order valence-corrected chi connectivity index (χ3v) is 6.25. The number of thioether (sulfide) groups is 1. The van der Waals surface area contributed by atoms with E-state index in [0.717, 1.165) is 12.3 Å². The maximum Gasteiger partial charge on any atom is 0.0340 e. The van der Waals surface area contributed by atoms with Crippen molar-refractivity contribution in [2.75, 3.05) is 17.6 Å². The van der Waals surface area contributed by atoms with Crippen LogP contribution in [0.15, 0.2) is 88.9 Å². The first kappa shape index (κ1) is 25.1. The Labute approximate surface area is 194 Å². The number of aryl methyl sites for hydroxylation is 2. The van der Waals surface area contributed by atoms with Crippen molar-refractivity contribution in [3.63, 3.8) is 0 Å². The highest BCUT2D eigenvalue weighted by molar-refractivity contribution is 8.03. The third kappa shape index (κ3) is 10.6. The van der Waals surface area contributed by atoms with Crippen LogP contribution in [0.2, 0.25) is 0 Å². The SMILES string of the molecule is CC1=CCCC=C1/C=C(\C)SCCNc1ccccc1.CCCCc1ccc(C)cc1. The van der Waals surface area contributed by atoms with Gasteiger partial charge in [-0.1, -0.05) is 73.5 Å². The van der Waals surface area contributed by atoms with E-state index < -0.39 is 0 Å². The van der Waals surface area contributed by atoms with Crippen LogP contribution in [0, 0.1) is 6.92 Å². The Morgan fingerprint density at radius 2 is 1.68 bits per heavy atom. The summed E-state index contributed by atoms with van der Waals surface area (Å²) in [6.45, 7) is 9.76. The number of allylic oxidation sites excluding steroid dienone is 6. The van der Waals surface area contributed by atoms with Gasteiger partial charge in [0.15, 0.2) is 0 Å². The molecule has 0 aromatic heterocycles. The highest BCUT2D eigenvalue weighted by Crippen LogP contribution is 2.24. The average Bonchev–Trinajstić information content (AvgIpc) is 2.79. The lowest BCUT2D eigenvalue weighted by Crippen LogP contribution is -2.03. The smallest absolute Gasteiger partial charge is 0.0340 e. The largest absolute Gasteiger partial charge is 0.384 e. The van der Waals surface area contributed by atoms with E-state index in [1.807, 2.05) is 17.8 Å². The predicted molar refractivity (Wildman–Crippen MR) is 142 cm³/mol. The van der Waals surface area contributed by atoms with Crippen LogP contribution in [0.3, 0.4) is 0 Å². The van der Waals surface area contributed by atoms with Crippen LogP contribution >= 0.6 is 11.8 Å². The molecule has 0 heterocycles. The first-order valence-corrected chi connectivity index (χ1v) is 12.6. The molecule has 0 radical (unpaired) electrons. The lowest BCUT2D eigenvalue weighted by atomic mass is 9.99. The molecule has 2 aromatic rings. The number of rotatable bonds is 9. The van der Waals surface area contributed by atoms with Crippen molar-refractivity contribution >= 4 is 17.4 Å². The molecule has 0 aliphatic heterocycles. The van der Waals surface area contributed by atoms with E-state index in [1.54, 1.807) is 0 Å². The van der Waals surface area contributed by atoms with Gasteiger partial charge in [0.2, 0.25) is 0 Å². The summed E-state index contributed by atoms with van der Waals surface area (Å²) in [6.07, 6.45) is 13.2. The van der Waals surface area contributed by atoms with Gasteiger partial charge < -0.3 is 5.32 Å². The summed E-state index contributed by atoms with van der Waals surface area (Å²) in [5.41, 5.74) is 6.84. The van der Waals surface area contributed by atoms with E-state index >= 15 is 0 Å². The van der Waals surface area contributed by atoms with Crippen molar-refractivity contribution in [1.82, 2.24) is 0 Å². The van der Waals surface area contributed by atoms with Crippen LogP contribution in [0.5, 0.6) is 0 Å². The fourth-order valence-electron chi connectivity index (χ4n) is 3.35. The van der Waals surface area contributed by atoms with Crippen LogP contribution in [-0.2, 0) is 6.42 Å². The first-order valence-electron chi connectivity index (χ1n) is 11.6. The van der Waals surface area contributed by atoms with Gasteiger partial charge in [-0.15, -0.1) is 11.8 Å². The van der Waals surface area contributed by atoms with Gasteiger partial charge in [-0.05, 0) is 86.3 Å². The molecule has 0 saturated heterocycles. The molecule has 2 heteroatoms. The van der Waals surface area contributed by atoms with E-state index in [9.17, 15) is 0 Å². The van der Waals surface area contributed by atoms with Crippen LogP contribution in [0.25, 0.3) is 0 Å². The van der Waals surface area contributed by atoms with Crippen molar-refractivity contribution in [2.24, 2.45) is 0 Å². The van der Waals surface area contributed by atoms with Crippen LogP contribution in [0.1, 0.15) is 57.6 Å². The molecule has 0 fully saturated rings. The maximum atomic E-state index is 3.44. The summed E-state index contributed by atoms with van der Waals surface area (Å²) in [5, 5.41) is 3.44. The number of benzene rings is 2. The first-order chi connectivity index (χ1) is 15.1. The molecule has 0 unspecified atom stereocenters. The van der Waals surface area contributed by atoms with Gasteiger partial charge in [-0.25, -0.2) is 0 Å². The van der Waals surface area contributed by atoms with E-state index in [-0.39, 0.29) is 0 Å². The van der Waals surface area contributed by atoms with Gasteiger partial charge in [-0.2, -0.15) is 0 Å². The molecule has 1 aliphatic rings. The molecule has 0 amide bonds. The van der Waals surface area contributed by atoms with E-state index in [1.165, 1.54) is 65.0 Å². The summed E-state index contributed by atoms with van der Waals surface area (Å²) in [4.78, 5) is 1.39. The van der Waals surface area contributed by atoms with Crippen LogP contribution in [0.4, 0.5) is 5.69 Å². The molecule has 166 valence electrons. The van der Waals surface area contributed by atoms with Crippen molar-refractivity contribution in [1.29, 1.82) is 0 Å². The maximum absolute atomic E-state index is 3.44. The molecule has 31 heavy (non-hydrogen) atoms. The fraction of sp³-hybridized carbons (Fsp3) is 0.379. The summed E-state index contributed by atoms with van der Waals surface area (Å²) >= 11 is 1.92. The molecule has 0 bridgehead atoms. The molecular weight excluding hydrogens is 394 g/mol. The minimum atomic E-state index is 0.994. The normalized spacial score (nSPS) is 13.6. The zero-order valence-electron chi connectivity index (χ0n) is 19.8. The van der Waals surface area contributed by atoms with Gasteiger partial charge in [0.05, 0.1) is 0 Å². The Hall–Kier alpha value is -2.19. The van der Waals surface area contributed by atoms with Gasteiger partial charge in [-0.3, -0.25) is 0 Å². The third-order valence-electron chi connectivity index (χ3n) is 5.27. The summed E-state index contributed by atoms with van der Waals surface area (Å²) < 4.78 is 0. The van der Waals surface area contributed by atoms with Gasteiger partial charge in [0.25, 0.3) is 0 Å². The number of unbranched alkanes of at least 4 members (excludes halogenated alkanes) is 1. The Morgan fingerprint density at radius 1 is 0.968 bits per heavy atom. The van der Waals surface area contributed by atoms with Gasteiger partial charge in [0, 0.05) is 18.0 Å². The lowest BCUT2D eigenvalue weighted by Gasteiger charge is -2.10. The number of nitrogens with one attached hydrogen (secondary N) is 1. The van der Waals surface area contributed by atoms with E-state index in [0.29, 0.717) is 0 Å². The molecular formula is C29H39NS. The average molecular weight is 434 g/mol. The summed E-state index contributed by atoms with van der Waals surface area (Å²) in [6, 6.07) is 19.2. The molecule has 0 saturated carbocycles. The minimum Gasteiger partial charge on any atom is -0.384 e. The van der Waals surface area contributed by atoms with E-state index in [4.69, 9.17) is 0 Å². The van der Waals surface area contributed by atoms with Crippen molar-refractivity contribution in [3.8, 4) is 0 Å². The number of hydrogen-bond donors (Lipinski definition) is 1. The van der Waals surface area contributed by atoms with Gasteiger partial charge in [0.1, 0.15) is 0 Å². The second kappa shape index (κ2) is 14.8. The summed E-state index contributed by atoms with van der Waals surface area (Å²) in [7, 11) is 0. The zero-order valence-corrected chi connectivity index (χ0v) is 20.6. The molecule has 3 rings (SSSR count). The van der Waals surface area contributed by atoms with E-state index in [2.05, 4.69) is 99.8 Å². The predicted octanol–water partition coefficient (Wildman–Crippen LogP) is 8.74. The Kier molecular flexibility index (Phi) is 11.9. The standard InChI is InChI=1S/C18H23NS.C11H16/c1-15-8-6-7-9-17(15)14-16(2)20-13-12-19-18-10-4-3-5-11-18;1-3-4-5-11-8-6-10(2)7-9-11/h3-5,8-11,14,19H,6-7,12-13H2,1-2H3;6-9H,3-5H2,1-2H3/b16-14+;.